The van der Waals surface area contributed by atoms with E-state index in [1.165, 1.54) is 16.7 Å². The summed E-state index contributed by atoms with van der Waals surface area (Å²) in [6.45, 7) is 10.2. The molecule has 0 saturated carbocycles. The summed E-state index contributed by atoms with van der Waals surface area (Å²) in [5, 5.41) is 1.16. The first-order chi connectivity index (χ1) is 5.54. The maximum Gasteiger partial charge on any atom is 0.0715 e. The fraction of sp³-hybridized carbons (Fsp3) is 0.273. The van der Waals surface area contributed by atoms with Crippen molar-refractivity contribution >= 4 is 21.0 Å². The average molecular weight is 173 g/mol. The van der Waals surface area contributed by atoms with Gasteiger partial charge < -0.3 is 0 Å². The van der Waals surface area contributed by atoms with Gasteiger partial charge in [-0.2, -0.15) is 0 Å². The van der Waals surface area contributed by atoms with Crippen LogP contribution in [0.2, 0.25) is 0 Å². The number of hydrogen-bond donors (Lipinski definition) is 0. The molecule has 1 heteroatoms. The minimum absolute atomic E-state index is 1.13. The average Bonchev–Trinajstić information content (AvgIpc) is 2.00. The van der Waals surface area contributed by atoms with Crippen molar-refractivity contribution in [2.75, 3.05) is 0 Å². The van der Waals surface area contributed by atoms with E-state index in [-0.39, 0.29) is 0 Å². The third-order valence-corrected chi connectivity index (χ3v) is 2.79. The van der Waals surface area contributed by atoms with Gasteiger partial charge in [-0.1, -0.05) is 29.5 Å². The van der Waals surface area contributed by atoms with Gasteiger partial charge in [0.1, 0.15) is 0 Å². The second-order valence-corrected chi connectivity index (χ2v) is 3.73. The van der Waals surface area contributed by atoms with Gasteiger partial charge in [0.25, 0.3) is 0 Å². The second-order valence-electron chi connectivity index (χ2n) is 3.19. The van der Waals surface area contributed by atoms with E-state index in [0.29, 0.717) is 0 Å². The number of rotatable bonds is 1. The van der Waals surface area contributed by atoms with Crippen LogP contribution in [0.5, 0.6) is 0 Å². The highest BCUT2D eigenvalue weighted by Gasteiger charge is 2.02. The fourth-order valence-electron chi connectivity index (χ4n) is 1.28. The Hall–Kier alpha value is -0.823. The van der Waals surface area contributed by atoms with Crippen molar-refractivity contribution in [3.8, 4) is 0 Å². The Balaban J connectivity index is 3.36. The van der Waals surface area contributed by atoms with Crippen LogP contribution in [0.1, 0.15) is 23.6 Å². The molecule has 1 aromatic carbocycles. The summed E-state index contributed by atoms with van der Waals surface area (Å²) in [7, 11) is 3.55. The van der Waals surface area contributed by atoms with E-state index in [1.54, 1.807) is 0 Å². The molecule has 3 radical (unpaired) electrons. The van der Waals surface area contributed by atoms with Crippen LogP contribution in [-0.2, 0) is 0 Å². The first-order valence-electron chi connectivity index (χ1n) is 4.01. The molecule has 0 unspecified atom stereocenters. The molecule has 0 aliphatic rings. The highest BCUT2D eigenvalue weighted by atomic mass is 28.1. The molecule has 61 valence electrons. The summed E-state index contributed by atoms with van der Waals surface area (Å²) >= 11 is 0. The van der Waals surface area contributed by atoms with Crippen LogP contribution >= 0.6 is 0 Å². The lowest BCUT2D eigenvalue weighted by molar-refractivity contribution is 1.33. The third-order valence-electron chi connectivity index (χ3n) is 2.25. The van der Waals surface area contributed by atoms with Gasteiger partial charge in [0.05, 0.1) is 10.2 Å². The summed E-state index contributed by atoms with van der Waals surface area (Å²) in [6.07, 6.45) is 0. The Labute approximate surface area is 77.7 Å². The van der Waals surface area contributed by atoms with Crippen molar-refractivity contribution in [2.24, 2.45) is 0 Å². The monoisotopic (exact) mass is 173 g/mol. The molecule has 0 heterocycles. The van der Waals surface area contributed by atoms with Crippen molar-refractivity contribution in [1.29, 1.82) is 0 Å². The summed E-state index contributed by atoms with van der Waals surface area (Å²) in [5.74, 6) is 0. The summed E-state index contributed by atoms with van der Waals surface area (Å²) in [6, 6.07) is 4.18. The SMILES string of the molecule is C=C(C)c1ccc([Si])c(C)c1C. The first kappa shape index (κ1) is 9.27. The fourth-order valence-corrected chi connectivity index (χ4v) is 1.55. The minimum Gasteiger partial charge on any atom is -0.0955 e. The Morgan fingerprint density at radius 2 is 1.83 bits per heavy atom. The predicted molar refractivity (Wildman–Crippen MR) is 56.0 cm³/mol. The predicted octanol–water partition coefficient (Wildman–Crippen LogP) is 2.13. The maximum absolute atomic E-state index is 3.94. The highest BCUT2D eigenvalue weighted by molar-refractivity contribution is 6.33. The van der Waals surface area contributed by atoms with Crippen LogP contribution in [0.15, 0.2) is 18.7 Å². The highest BCUT2D eigenvalue weighted by Crippen LogP contribution is 2.17. The quantitative estimate of drug-likeness (QED) is 0.571. The zero-order valence-corrected chi connectivity index (χ0v) is 8.86. The van der Waals surface area contributed by atoms with Crippen molar-refractivity contribution in [2.45, 2.75) is 20.8 Å². The molecule has 1 aromatic rings. The van der Waals surface area contributed by atoms with Gasteiger partial charge in [0, 0.05) is 0 Å². The Morgan fingerprint density at radius 3 is 2.33 bits per heavy atom. The van der Waals surface area contributed by atoms with E-state index in [1.807, 2.05) is 6.92 Å². The molecule has 0 amide bonds. The zero-order valence-electron chi connectivity index (χ0n) is 7.86. The molecular formula is C11H13Si. The van der Waals surface area contributed by atoms with E-state index in [2.05, 4.69) is 42.8 Å². The van der Waals surface area contributed by atoms with Crippen molar-refractivity contribution in [3.63, 3.8) is 0 Å². The van der Waals surface area contributed by atoms with Gasteiger partial charge in [-0.25, -0.2) is 0 Å². The van der Waals surface area contributed by atoms with Gasteiger partial charge in [0.2, 0.25) is 0 Å². The summed E-state index contributed by atoms with van der Waals surface area (Å²) in [5.41, 5.74) is 5.00. The van der Waals surface area contributed by atoms with Gasteiger partial charge in [-0.3, -0.25) is 0 Å². The Bertz CT molecular complexity index is 324. The van der Waals surface area contributed by atoms with E-state index >= 15 is 0 Å². The van der Waals surface area contributed by atoms with Crippen LogP contribution in [0.4, 0.5) is 0 Å². The van der Waals surface area contributed by atoms with Crippen LogP contribution in [0, 0.1) is 13.8 Å². The standard InChI is InChI=1S/C11H13Si/c1-7(2)10-5-6-11(12)9(4)8(10)3/h5-6H,1H2,2-4H3. The van der Waals surface area contributed by atoms with Crippen molar-refractivity contribution < 1.29 is 0 Å². The third kappa shape index (κ3) is 1.51. The van der Waals surface area contributed by atoms with Crippen LogP contribution in [0.25, 0.3) is 5.57 Å². The maximum atomic E-state index is 3.94. The van der Waals surface area contributed by atoms with E-state index in [9.17, 15) is 0 Å². The van der Waals surface area contributed by atoms with Gasteiger partial charge in [-0.05, 0) is 37.5 Å². The van der Waals surface area contributed by atoms with Crippen LogP contribution in [-0.4, -0.2) is 10.2 Å². The van der Waals surface area contributed by atoms with Gasteiger partial charge in [0.15, 0.2) is 0 Å². The lowest BCUT2D eigenvalue weighted by atomic mass is 9.99. The van der Waals surface area contributed by atoms with Crippen LogP contribution < -0.4 is 5.19 Å². The summed E-state index contributed by atoms with van der Waals surface area (Å²) in [4.78, 5) is 0. The van der Waals surface area contributed by atoms with E-state index in [4.69, 9.17) is 0 Å². The Kier molecular flexibility index (Phi) is 2.53. The Morgan fingerprint density at radius 1 is 1.25 bits per heavy atom. The second kappa shape index (κ2) is 3.28. The molecule has 0 aromatic heterocycles. The minimum atomic E-state index is 1.13. The molecule has 12 heavy (non-hydrogen) atoms. The van der Waals surface area contributed by atoms with Crippen molar-refractivity contribution in [3.05, 3.63) is 35.4 Å². The van der Waals surface area contributed by atoms with Crippen molar-refractivity contribution in [1.82, 2.24) is 0 Å². The largest absolute Gasteiger partial charge is 0.0955 e. The topological polar surface area (TPSA) is 0 Å². The molecule has 0 aliphatic heterocycles. The molecule has 1 rings (SSSR count). The molecule has 0 aliphatic carbocycles. The number of benzene rings is 1. The molecule has 0 spiro atoms. The molecule has 0 nitrogen and oxygen atoms in total. The number of hydrogen-bond acceptors (Lipinski definition) is 0. The zero-order chi connectivity index (χ0) is 9.30. The van der Waals surface area contributed by atoms with E-state index in [0.717, 1.165) is 10.8 Å². The lowest BCUT2D eigenvalue weighted by Crippen LogP contribution is -2.09. The van der Waals surface area contributed by atoms with Gasteiger partial charge in [-0.15, -0.1) is 0 Å². The normalized spacial score (nSPS) is 10.0. The van der Waals surface area contributed by atoms with E-state index < -0.39 is 0 Å². The molecule has 0 atom stereocenters. The molecule has 0 saturated heterocycles. The first-order valence-corrected chi connectivity index (χ1v) is 4.51. The van der Waals surface area contributed by atoms with Gasteiger partial charge >= 0.3 is 0 Å². The molecule has 0 bridgehead atoms. The number of allylic oxidation sites excluding steroid dienone is 1. The molecular weight excluding hydrogens is 160 g/mol. The smallest absolute Gasteiger partial charge is 0.0715 e. The summed E-state index contributed by atoms with van der Waals surface area (Å²) < 4.78 is 0. The molecule has 0 N–H and O–H groups in total. The molecule has 0 fully saturated rings. The van der Waals surface area contributed by atoms with Crippen LogP contribution in [0.3, 0.4) is 0 Å². The lowest BCUT2D eigenvalue weighted by Gasteiger charge is -2.10.